The lowest BCUT2D eigenvalue weighted by Crippen LogP contribution is -2.28. The highest BCUT2D eigenvalue weighted by molar-refractivity contribution is 9.11. The number of rotatable bonds is 3. The molecule has 1 atom stereocenters. The summed E-state index contributed by atoms with van der Waals surface area (Å²) in [6.07, 6.45) is 3.72. The maximum absolute atomic E-state index is 10.7. The van der Waals surface area contributed by atoms with Crippen LogP contribution < -0.4 is 0 Å². The average Bonchev–Trinajstić information content (AvgIpc) is 2.52. The van der Waals surface area contributed by atoms with E-state index in [9.17, 15) is 5.11 Å². The molecular formula is C12H14Br2N4O. The van der Waals surface area contributed by atoms with Gasteiger partial charge in [-0.3, -0.25) is 9.97 Å². The first-order valence-corrected chi connectivity index (χ1v) is 7.28. The molecule has 102 valence electrons. The van der Waals surface area contributed by atoms with Crippen LogP contribution in [0.3, 0.4) is 0 Å². The molecule has 1 N–H and O–H groups in total. The highest BCUT2D eigenvalue weighted by Crippen LogP contribution is 2.32. The summed E-state index contributed by atoms with van der Waals surface area (Å²) in [5.74, 6) is 0. The fourth-order valence-electron chi connectivity index (χ4n) is 2.06. The van der Waals surface area contributed by atoms with Crippen molar-refractivity contribution in [1.29, 1.82) is 0 Å². The van der Waals surface area contributed by atoms with Gasteiger partial charge >= 0.3 is 0 Å². The van der Waals surface area contributed by atoms with Crippen LogP contribution in [0.15, 0.2) is 21.7 Å². The second-order valence-corrected chi connectivity index (χ2v) is 6.14. The van der Waals surface area contributed by atoms with Crippen molar-refractivity contribution < 1.29 is 5.11 Å². The number of hydrogen-bond acceptors (Lipinski definition) is 4. The molecule has 0 radical (unpaired) electrons. The first-order chi connectivity index (χ1) is 8.81. The van der Waals surface area contributed by atoms with Crippen LogP contribution in [0.4, 0.5) is 0 Å². The lowest BCUT2D eigenvalue weighted by Gasteiger charge is -2.24. The largest absolute Gasteiger partial charge is 0.383 e. The maximum atomic E-state index is 10.7. The van der Waals surface area contributed by atoms with E-state index in [0.717, 1.165) is 11.4 Å². The van der Waals surface area contributed by atoms with Gasteiger partial charge in [0.1, 0.15) is 10.2 Å². The number of imidazole rings is 1. The Labute approximate surface area is 128 Å². The van der Waals surface area contributed by atoms with E-state index in [2.05, 4.69) is 46.8 Å². The van der Waals surface area contributed by atoms with E-state index in [1.807, 2.05) is 14.0 Å². The normalized spacial score (nSPS) is 14.4. The topological polar surface area (TPSA) is 63.8 Å². The molecule has 2 aromatic heterocycles. The molecule has 0 spiro atoms. The number of hydrogen-bond donors (Lipinski definition) is 1. The molecule has 0 bridgehead atoms. The van der Waals surface area contributed by atoms with Crippen LogP contribution in [-0.4, -0.2) is 24.6 Å². The smallest absolute Gasteiger partial charge is 0.178 e. The quantitative estimate of drug-likeness (QED) is 0.875. The maximum Gasteiger partial charge on any atom is 0.178 e. The summed E-state index contributed by atoms with van der Waals surface area (Å²) in [6.45, 7) is 3.62. The Hall–Kier alpha value is -0.790. The Morgan fingerprint density at radius 2 is 2.00 bits per heavy atom. The molecule has 0 saturated carbocycles. The third-order valence-corrected chi connectivity index (χ3v) is 4.10. The number of aromatic nitrogens is 4. The third-order valence-electron chi connectivity index (χ3n) is 2.84. The summed E-state index contributed by atoms with van der Waals surface area (Å²) in [6, 6.07) is 0. The van der Waals surface area contributed by atoms with Gasteiger partial charge in [0.2, 0.25) is 0 Å². The summed E-state index contributed by atoms with van der Waals surface area (Å²) in [4.78, 5) is 12.7. The Morgan fingerprint density at radius 3 is 2.53 bits per heavy atom. The van der Waals surface area contributed by atoms with E-state index in [1.165, 1.54) is 0 Å². The Kier molecular flexibility index (Phi) is 4.08. The molecule has 0 aliphatic heterocycles. The first kappa shape index (κ1) is 14.6. The molecule has 2 rings (SSSR count). The third kappa shape index (κ3) is 3.04. The summed E-state index contributed by atoms with van der Waals surface area (Å²) in [5.41, 5.74) is 1.19. The van der Waals surface area contributed by atoms with Gasteiger partial charge in [0.05, 0.1) is 17.1 Å². The van der Waals surface area contributed by atoms with E-state index in [1.54, 1.807) is 23.9 Å². The van der Waals surface area contributed by atoms with Crippen molar-refractivity contribution in [2.75, 3.05) is 0 Å². The van der Waals surface area contributed by atoms with Gasteiger partial charge in [0.25, 0.3) is 0 Å². The van der Waals surface area contributed by atoms with Gasteiger partial charge in [-0.2, -0.15) is 0 Å². The van der Waals surface area contributed by atoms with E-state index in [-0.39, 0.29) is 0 Å². The van der Waals surface area contributed by atoms with Crippen LogP contribution in [-0.2, 0) is 19.1 Å². The van der Waals surface area contributed by atoms with Gasteiger partial charge in [-0.1, -0.05) is 0 Å². The zero-order valence-electron chi connectivity index (χ0n) is 10.9. The minimum atomic E-state index is -1.09. The number of halogens is 2. The van der Waals surface area contributed by atoms with Crippen LogP contribution >= 0.6 is 31.9 Å². The van der Waals surface area contributed by atoms with Gasteiger partial charge in [0, 0.05) is 25.9 Å². The number of aliphatic hydroxyl groups is 1. The molecular weight excluding hydrogens is 376 g/mol. The van der Waals surface area contributed by atoms with Crippen LogP contribution in [0.2, 0.25) is 0 Å². The van der Waals surface area contributed by atoms with Crippen molar-refractivity contribution in [3.05, 3.63) is 38.8 Å². The predicted octanol–water partition coefficient (Wildman–Crippen LogP) is 2.49. The number of nitrogens with zero attached hydrogens (tertiary/aromatic N) is 4. The summed E-state index contributed by atoms with van der Waals surface area (Å²) >= 11 is 6.71. The molecule has 0 saturated heterocycles. The summed E-state index contributed by atoms with van der Waals surface area (Å²) < 4.78 is 3.07. The molecule has 0 aliphatic rings. The highest BCUT2D eigenvalue weighted by Gasteiger charge is 2.31. The zero-order chi connectivity index (χ0) is 14.2. The number of aryl methyl sites for hydroxylation is 1. The molecule has 0 amide bonds. The van der Waals surface area contributed by atoms with Crippen LogP contribution in [0.25, 0.3) is 0 Å². The van der Waals surface area contributed by atoms with Gasteiger partial charge in [-0.25, -0.2) is 4.98 Å². The minimum Gasteiger partial charge on any atom is -0.383 e. The van der Waals surface area contributed by atoms with Gasteiger partial charge in [-0.15, -0.1) is 0 Å². The van der Waals surface area contributed by atoms with Crippen molar-refractivity contribution >= 4 is 31.9 Å². The van der Waals surface area contributed by atoms with Crippen molar-refractivity contribution in [3.63, 3.8) is 0 Å². The molecule has 0 aromatic carbocycles. The standard InChI is InChI=1S/C12H14Br2N4O/c1-7-5-15-6-8(16-7)4-12(2,19)9-10(13)17-11(14)18(9)3/h5-6,19H,4H2,1-3H3. The van der Waals surface area contributed by atoms with E-state index in [0.29, 0.717) is 21.5 Å². The molecule has 1 unspecified atom stereocenters. The highest BCUT2D eigenvalue weighted by atomic mass is 79.9. The molecule has 2 aromatic rings. The Bertz CT molecular complexity index is 610. The molecule has 0 aliphatic carbocycles. The van der Waals surface area contributed by atoms with Crippen LogP contribution in [0, 0.1) is 6.92 Å². The fraction of sp³-hybridized carbons (Fsp3) is 0.417. The second-order valence-electron chi connectivity index (χ2n) is 4.68. The second kappa shape index (κ2) is 5.30. The SMILES string of the molecule is Cc1cncc(CC(C)(O)c2c(Br)nc(Br)n2C)n1. The lowest BCUT2D eigenvalue weighted by atomic mass is 9.96. The first-order valence-electron chi connectivity index (χ1n) is 5.69. The van der Waals surface area contributed by atoms with Crippen LogP contribution in [0.1, 0.15) is 24.0 Å². The molecule has 19 heavy (non-hydrogen) atoms. The van der Waals surface area contributed by atoms with Crippen molar-refractivity contribution in [3.8, 4) is 0 Å². The van der Waals surface area contributed by atoms with E-state index >= 15 is 0 Å². The Morgan fingerprint density at radius 1 is 1.32 bits per heavy atom. The molecule has 5 nitrogen and oxygen atoms in total. The monoisotopic (exact) mass is 388 g/mol. The summed E-state index contributed by atoms with van der Waals surface area (Å²) in [7, 11) is 1.84. The van der Waals surface area contributed by atoms with Crippen molar-refractivity contribution in [1.82, 2.24) is 19.5 Å². The van der Waals surface area contributed by atoms with Gasteiger partial charge in [-0.05, 0) is 45.7 Å². The van der Waals surface area contributed by atoms with Crippen molar-refractivity contribution in [2.45, 2.75) is 25.9 Å². The molecule has 0 fully saturated rings. The van der Waals surface area contributed by atoms with Crippen molar-refractivity contribution in [2.24, 2.45) is 7.05 Å². The van der Waals surface area contributed by atoms with E-state index in [4.69, 9.17) is 0 Å². The summed E-state index contributed by atoms with van der Waals surface area (Å²) in [5, 5.41) is 10.7. The molecule has 2 heterocycles. The lowest BCUT2D eigenvalue weighted by molar-refractivity contribution is 0.0479. The van der Waals surface area contributed by atoms with Gasteiger partial charge in [0.15, 0.2) is 4.73 Å². The van der Waals surface area contributed by atoms with Gasteiger partial charge < -0.3 is 9.67 Å². The average molecular weight is 390 g/mol. The fourth-order valence-corrected chi connectivity index (χ4v) is 3.51. The van der Waals surface area contributed by atoms with E-state index < -0.39 is 5.60 Å². The Balaban J connectivity index is 2.37. The predicted molar refractivity (Wildman–Crippen MR) is 78.7 cm³/mol. The van der Waals surface area contributed by atoms with Crippen LogP contribution in [0.5, 0.6) is 0 Å². The minimum absolute atomic E-state index is 0.367. The zero-order valence-corrected chi connectivity index (χ0v) is 14.0. The molecule has 7 heteroatoms.